The number of benzene rings is 2. The van der Waals surface area contributed by atoms with Gasteiger partial charge in [-0.15, -0.1) is 0 Å². The van der Waals surface area contributed by atoms with Gasteiger partial charge in [-0.1, -0.05) is 18.2 Å². The summed E-state index contributed by atoms with van der Waals surface area (Å²) in [5, 5.41) is 11.7. The molecule has 2 N–H and O–H groups in total. The lowest BCUT2D eigenvalue weighted by Gasteiger charge is -2.10. The first kappa shape index (κ1) is 14.8. The maximum absolute atomic E-state index is 13.7. The predicted molar refractivity (Wildman–Crippen MR) is 78.5 cm³/mol. The average Bonchev–Trinajstić information content (AvgIpc) is 2.49. The molecule has 2 aromatic rings. The molecular formula is C16H16FNO3. The number of halogens is 1. The van der Waals surface area contributed by atoms with E-state index in [0.717, 1.165) is 17.4 Å². The molecule has 0 spiro atoms. The molecule has 2 rings (SSSR count). The summed E-state index contributed by atoms with van der Waals surface area (Å²) >= 11 is 0. The molecule has 2 aromatic carbocycles. The highest BCUT2D eigenvalue weighted by molar-refractivity contribution is 5.88. The molecule has 0 fully saturated rings. The summed E-state index contributed by atoms with van der Waals surface area (Å²) in [7, 11) is 1.61. The van der Waals surface area contributed by atoms with Gasteiger partial charge in [-0.25, -0.2) is 9.18 Å². The number of ether oxygens (including phenoxy) is 1. The lowest BCUT2D eigenvalue weighted by atomic mass is 10.1. The molecule has 0 amide bonds. The molecule has 4 nitrogen and oxygen atoms in total. The number of carbonyl (C=O) groups is 1. The number of carboxylic acids is 1. The van der Waals surface area contributed by atoms with Gasteiger partial charge < -0.3 is 15.2 Å². The van der Waals surface area contributed by atoms with E-state index in [1.165, 1.54) is 12.1 Å². The van der Waals surface area contributed by atoms with Crippen molar-refractivity contribution < 1.29 is 19.0 Å². The van der Waals surface area contributed by atoms with Crippen LogP contribution in [0.5, 0.6) is 5.75 Å². The normalized spacial score (nSPS) is 10.2. The van der Waals surface area contributed by atoms with Crippen molar-refractivity contribution in [1.82, 2.24) is 0 Å². The SMILES string of the molecule is COc1ccccc1CCNc1ccc(C(=O)O)cc1F. The van der Waals surface area contributed by atoms with Gasteiger partial charge in [0.2, 0.25) is 0 Å². The average molecular weight is 289 g/mol. The molecule has 21 heavy (non-hydrogen) atoms. The number of methoxy groups -OCH3 is 1. The van der Waals surface area contributed by atoms with Crippen molar-refractivity contribution in [2.75, 3.05) is 19.0 Å². The first-order chi connectivity index (χ1) is 10.1. The topological polar surface area (TPSA) is 58.6 Å². The van der Waals surface area contributed by atoms with Crippen LogP contribution in [0.1, 0.15) is 15.9 Å². The number of hydrogen-bond donors (Lipinski definition) is 2. The summed E-state index contributed by atoms with van der Waals surface area (Å²) in [4.78, 5) is 10.7. The lowest BCUT2D eigenvalue weighted by Crippen LogP contribution is -2.08. The van der Waals surface area contributed by atoms with Crippen LogP contribution >= 0.6 is 0 Å². The zero-order valence-electron chi connectivity index (χ0n) is 11.6. The Kier molecular flexibility index (Phi) is 4.77. The molecular weight excluding hydrogens is 273 g/mol. The molecule has 0 saturated carbocycles. The Hall–Kier alpha value is -2.56. The van der Waals surface area contributed by atoms with Gasteiger partial charge in [-0.05, 0) is 36.2 Å². The second-order valence-corrected chi connectivity index (χ2v) is 4.49. The molecule has 110 valence electrons. The van der Waals surface area contributed by atoms with Gasteiger partial charge in [0.1, 0.15) is 11.6 Å². The van der Waals surface area contributed by atoms with Crippen molar-refractivity contribution in [3.05, 3.63) is 59.4 Å². The van der Waals surface area contributed by atoms with Crippen molar-refractivity contribution in [3.63, 3.8) is 0 Å². The zero-order valence-corrected chi connectivity index (χ0v) is 11.6. The van der Waals surface area contributed by atoms with E-state index < -0.39 is 11.8 Å². The number of nitrogens with one attached hydrogen (secondary N) is 1. The highest BCUT2D eigenvalue weighted by Gasteiger charge is 2.08. The third-order valence-electron chi connectivity index (χ3n) is 3.12. The third-order valence-corrected chi connectivity index (χ3v) is 3.12. The highest BCUT2D eigenvalue weighted by Crippen LogP contribution is 2.19. The molecule has 0 aliphatic carbocycles. The maximum atomic E-state index is 13.7. The smallest absolute Gasteiger partial charge is 0.335 e. The fraction of sp³-hybridized carbons (Fsp3) is 0.188. The maximum Gasteiger partial charge on any atom is 0.335 e. The highest BCUT2D eigenvalue weighted by atomic mass is 19.1. The molecule has 0 atom stereocenters. The Balaban J connectivity index is 1.99. The number of hydrogen-bond acceptors (Lipinski definition) is 3. The molecule has 0 saturated heterocycles. The fourth-order valence-corrected chi connectivity index (χ4v) is 2.03. The minimum absolute atomic E-state index is 0.0669. The van der Waals surface area contributed by atoms with Gasteiger partial charge in [0.25, 0.3) is 0 Å². The van der Waals surface area contributed by atoms with Crippen molar-refractivity contribution in [2.24, 2.45) is 0 Å². The van der Waals surface area contributed by atoms with Gasteiger partial charge in [0.05, 0.1) is 18.4 Å². The van der Waals surface area contributed by atoms with E-state index in [9.17, 15) is 9.18 Å². The van der Waals surface area contributed by atoms with Crippen LogP contribution in [0.25, 0.3) is 0 Å². The molecule has 0 radical (unpaired) electrons. The quantitative estimate of drug-likeness (QED) is 0.857. The Morgan fingerprint density at radius 2 is 2.05 bits per heavy atom. The fourth-order valence-electron chi connectivity index (χ4n) is 2.03. The van der Waals surface area contributed by atoms with Crippen LogP contribution in [0.15, 0.2) is 42.5 Å². The van der Waals surface area contributed by atoms with Crippen LogP contribution in [0.3, 0.4) is 0 Å². The number of aromatic carboxylic acids is 1. The van der Waals surface area contributed by atoms with Gasteiger partial charge >= 0.3 is 5.97 Å². The second kappa shape index (κ2) is 6.74. The Labute approximate surface area is 122 Å². The van der Waals surface area contributed by atoms with Crippen molar-refractivity contribution in [1.29, 1.82) is 0 Å². The number of carboxylic acid groups (broad SMARTS) is 1. The van der Waals surface area contributed by atoms with Crippen LogP contribution in [-0.2, 0) is 6.42 Å². The summed E-state index contributed by atoms with van der Waals surface area (Å²) in [5.74, 6) is -0.926. The van der Waals surface area contributed by atoms with E-state index in [1.807, 2.05) is 24.3 Å². The third kappa shape index (κ3) is 3.72. The molecule has 0 unspecified atom stereocenters. The summed E-state index contributed by atoms with van der Waals surface area (Å²) in [6, 6.07) is 11.4. The van der Waals surface area contributed by atoms with Crippen LogP contribution in [-0.4, -0.2) is 24.7 Å². The van der Waals surface area contributed by atoms with Crippen molar-refractivity contribution in [3.8, 4) is 5.75 Å². The minimum Gasteiger partial charge on any atom is -0.496 e. The second-order valence-electron chi connectivity index (χ2n) is 4.49. The Morgan fingerprint density at radius 3 is 2.71 bits per heavy atom. The van der Waals surface area contributed by atoms with E-state index in [1.54, 1.807) is 7.11 Å². The summed E-state index contributed by atoms with van der Waals surface area (Å²) in [5.41, 5.74) is 1.24. The van der Waals surface area contributed by atoms with Crippen LogP contribution < -0.4 is 10.1 Å². The van der Waals surface area contributed by atoms with E-state index in [4.69, 9.17) is 9.84 Å². The summed E-state index contributed by atoms with van der Waals surface area (Å²) in [6.07, 6.45) is 0.671. The minimum atomic E-state index is -1.14. The van der Waals surface area contributed by atoms with Gasteiger partial charge in [0, 0.05) is 6.54 Å². The van der Waals surface area contributed by atoms with Crippen LogP contribution in [0.4, 0.5) is 10.1 Å². The zero-order chi connectivity index (χ0) is 15.2. The first-order valence-electron chi connectivity index (χ1n) is 6.50. The molecule has 0 heterocycles. The van der Waals surface area contributed by atoms with E-state index in [0.29, 0.717) is 13.0 Å². The molecule has 5 heteroatoms. The van der Waals surface area contributed by atoms with Crippen LogP contribution in [0.2, 0.25) is 0 Å². The largest absolute Gasteiger partial charge is 0.496 e. The van der Waals surface area contributed by atoms with Crippen molar-refractivity contribution >= 4 is 11.7 Å². The monoisotopic (exact) mass is 289 g/mol. The summed E-state index contributed by atoms with van der Waals surface area (Å²) < 4.78 is 19.0. The molecule has 0 bridgehead atoms. The molecule has 0 aliphatic rings. The number of rotatable bonds is 6. The Morgan fingerprint density at radius 1 is 1.29 bits per heavy atom. The lowest BCUT2D eigenvalue weighted by molar-refractivity contribution is 0.0696. The van der Waals surface area contributed by atoms with E-state index in [2.05, 4.69) is 5.32 Å². The first-order valence-corrected chi connectivity index (χ1v) is 6.50. The van der Waals surface area contributed by atoms with Gasteiger partial charge in [-0.2, -0.15) is 0 Å². The number of para-hydroxylation sites is 1. The molecule has 0 aliphatic heterocycles. The van der Waals surface area contributed by atoms with Crippen molar-refractivity contribution in [2.45, 2.75) is 6.42 Å². The van der Waals surface area contributed by atoms with Gasteiger partial charge in [0.15, 0.2) is 0 Å². The van der Waals surface area contributed by atoms with E-state index >= 15 is 0 Å². The van der Waals surface area contributed by atoms with Crippen LogP contribution in [0, 0.1) is 5.82 Å². The Bertz CT molecular complexity index is 643. The van der Waals surface area contributed by atoms with E-state index in [-0.39, 0.29) is 11.3 Å². The standard InChI is InChI=1S/C16H16FNO3/c1-21-15-5-3-2-4-11(15)8-9-18-14-7-6-12(16(19)20)10-13(14)17/h2-7,10,18H,8-9H2,1H3,(H,19,20). The van der Waals surface area contributed by atoms with Gasteiger partial charge in [-0.3, -0.25) is 0 Å². The predicted octanol–water partition coefficient (Wildman–Crippen LogP) is 3.19. The summed E-state index contributed by atoms with van der Waals surface area (Å²) in [6.45, 7) is 0.518. The number of anilines is 1. The molecule has 0 aromatic heterocycles.